The predicted octanol–water partition coefficient (Wildman–Crippen LogP) is 2.42. The van der Waals surface area contributed by atoms with Gasteiger partial charge in [0.1, 0.15) is 0 Å². The number of aromatic nitrogens is 1. The molecule has 1 rings (SSSR count). The lowest BCUT2D eigenvalue weighted by Crippen LogP contribution is -2.12. The number of nitrogens with zero attached hydrogens (tertiary/aromatic N) is 1. The van der Waals surface area contributed by atoms with Crippen molar-refractivity contribution in [2.75, 3.05) is 11.9 Å². The number of pyridine rings is 1. The summed E-state index contributed by atoms with van der Waals surface area (Å²) < 4.78 is 0.950. The van der Waals surface area contributed by atoms with E-state index in [4.69, 9.17) is 0 Å². The summed E-state index contributed by atoms with van der Waals surface area (Å²) in [6.07, 6.45) is 4.86. The Hall–Kier alpha value is -0.610. The first kappa shape index (κ1) is 11.5. The van der Waals surface area contributed by atoms with Gasteiger partial charge >= 0.3 is 0 Å². The van der Waals surface area contributed by atoms with Crippen molar-refractivity contribution in [1.29, 1.82) is 0 Å². The molecule has 3 nitrogen and oxygen atoms in total. The average molecular weight is 259 g/mol. The highest BCUT2D eigenvalue weighted by atomic mass is 79.9. The van der Waals surface area contributed by atoms with E-state index < -0.39 is 0 Å². The van der Waals surface area contributed by atoms with Gasteiger partial charge in [-0.2, -0.15) is 0 Å². The van der Waals surface area contributed by atoms with E-state index in [-0.39, 0.29) is 6.10 Å². The molecule has 0 bridgehead atoms. The third kappa shape index (κ3) is 3.64. The van der Waals surface area contributed by atoms with Crippen LogP contribution in [0.1, 0.15) is 19.8 Å². The highest BCUT2D eigenvalue weighted by Crippen LogP contribution is 2.19. The molecule has 0 aliphatic rings. The van der Waals surface area contributed by atoms with Crippen LogP contribution in [-0.4, -0.2) is 22.7 Å². The summed E-state index contributed by atoms with van der Waals surface area (Å²) in [6.45, 7) is 2.75. The first-order valence-electron chi connectivity index (χ1n) is 4.75. The fourth-order valence-electron chi connectivity index (χ4n) is 1.10. The third-order valence-corrected chi connectivity index (χ3v) is 2.67. The lowest BCUT2D eigenvalue weighted by molar-refractivity contribution is 0.164. The van der Waals surface area contributed by atoms with Gasteiger partial charge in [0.05, 0.1) is 16.3 Å². The van der Waals surface area contributed by atoms with Gasteiger partial charge < -0.3 is 10.4 Å². The lowest BCUT2D eigenvalue weighted by Gasteiger charge is -2.10. The molecule has 0 radical (unpaired) electrons. The molecule has 0 fully saturated rings. The lowest BCUT2D eigenvalue weighted by atomic mass is 10.2. The van der Waals surface area contributed by atoms with Crippen molar-refractivity contribution >= 4 is 21.6 Å². The van der Waals surface area contributed by atoms with Crippen LogP contribution in [0.4, 0.5) is 5.69 Å². The summed E-state index contributed by atoms with van der Waals surface area (Å²) in [6, 6.07) is 1.91. The van der Waals surface area contributed by atoms with E-state index in [1.807, 2.05) is 13.0 Å². The zero-order chi connectivity index (χ0) is 10.4. The summed E-state index contributed by atoms with van der Waals surface area (Å²) in [5.41, 5.74) is 1.02. The van der Waals surface area contributed by atoms with Crippen molar-refractivity contribution < 1.29 is 5.11 Å². The van der Waals surface area contributed by atoms with Crippen LogP contribution in [0.15, 0.2) is 22.9 Å². The quantitative estimate of drug-likeness (QED) is 0.853. The van der Waals surface area contributed by atoms with E-state index >= 15 is 0 Å². The fourth-order valence-corrected chi connectivity index (χ4v) is 1.49. The highest BCUT2D eigenvalue weighted by Gasteiger charge is 2.01. The number of hydrogen-bond acceptors (Lipinski definition) is 3. The molecule has 1 aromatic rings. The summed E-state index contributed by atoms with van der Waals surface area (Å²) >= 11 is 3.39. The van der Waals surface area contributed by atoms with Crippen LogP contribution >= 0.6 is 15.9 Å². The van der Waals surface area contributed by atoms with Crippen LogP contribution in [0.3, 0.4) is 0 Å². The number of halogens is 1. The summed E-state index contributed by atoms with van der Waals surface area (Å²) in [5.74, 6) is 0. The Kier molecular flexibility index (Phi) is 4.90. The number of rotatable bonds is 5. The Morgan fingerprint density at radius 2 is 2.43 bits per heavy atom. The molecule has 4 heteroatoms. The van der Waals surface area contributed by atoms with Gasteiger partial charge in [0.25, 0.3) is 0 Å². The van der Waals surface area contributed by atoms with Crippen molar-refractivity contribution in [3.8, 4) is 0 Å². The second kappa shape index (κ2) is 5.98. The molecule has 2 N–H and O–H groups in total. The monoisotopic (exact) mass is 258 g/mol. The van der Waals surface area contributed by atoms with E-state index in [2.05, 4.69) is 26.2 Å². The maximum absolute atomic E-state index is 9.34. The maximum atomic E-state index is 9.34. The number of aliphatic hydroxyl groups is 1. The number of anilines is 1. The van der Waals surface area contributed by atoms with Crippen LogP contribution in [-0.2, 0) is 0 Å². The van der Waals surface area contributed by atoms with Crippen molar-refractivity contribution in [2.45, 2.75) is 25.9 Å². The largest absolute Gasteiger partial charge is 0.393 e. The van der Waals surface area contributed by atoms with Gasteiger partial charge in [-0.1, -0.05) is 6.92 Å². The van der Waals surface area contributed by atoms with Crippen molar-refractivity contribution in [3.63, 3.8) is 0 Å². The molecule has 0 aromatic carbocycles. The minimum Gasteiger partial charge on any atom is -0.393 e. The van der Waals surface area contributed by atoms with Gasteiger partial charge in [-0.25, -0.2) is 0 Å². The van der Waals surface area contributed by atoms with E-state index in [1.54, 1.807) is 12.4 Å². The molecule has 0 aliphatic heterocycles. The van der Waals surface area contributed by atoms with Crippen molar-refractivity contribution in [1.82, 2.24) is 4.98 Å². The van der Waals surface area contributed by atoms with E-state index in [0.717, 1.165) is 29.5 Å². The van der Waals surface area contributed by atoms with Crippen molar-refractivity contribution in [2.24, 2.45) is 0 Å². The Morgan fingerprint density at radius 3 is 3.07 bits per heavy atom. The topological polar surface area (TPSA) is 45.1 Å². The van der Waals surface area contributed by atoms with E-state index in [1.165, 1.54) is 0 Å². The summed E-state index contributed by atoms with van der Waals surface area (Å²) in [4.78, 5) is 3.97. The number of aliphatic hydroxyl groups excluding tert-OH is 1. The molecule has 1 unspecified atom stereocenters. The molecule has 1 atom stereocenters. The predicted molar refractivity (Wildman–Crippen MR) is 61.3 cm³/mol. The maximum Gasteiger partial charge on any atom is 0.0590 e. The summed E-state index contributed by atoms with van der Waals surface area (Å²) in [5, 5.41) is 12.6. The van der Waals surface area contributed by atoms with Gasteiger partial charge in [0.15, 0.2) is 0 Å². The molecule has 1 aromatic heterocycles. The Balaban J connectivity index is 2.35. The van der Waals surface area contributed by atoms with E-state index in [0.29, 0.717) is 0 Å². The Morgan fingerprint density at radius 1 is 1.64 bits per heavy atom. The van der Waals surface area contributed by atoms with Crippen LogP contribution in [0.2, 0.25) is 0 Å². The van der Waals surface area contributed by atoms with Crippen molar-refractivity contribution in [3.05, 3.63) is 22.9 Å². The van der Waals surface area contributed by atoms with Crippen LogP contribution in [0, 0.1) is 0 Å². The zero-order valence-corrected chi connectivity index (χ0v) is 9.79. The molecule has 1 heterocycles. The van der Waals surface area contributed by atoms with E-state index in [9.17, 15) is 5.11 Å². The van der Waals surface area contributed by atoms with Crippen LogP contribution in [0.5, 0.6) is 0 Å². The zero-order valence-electron chi connectivity index (χ0n) is 8.20. The third-order valence-electron chi connectivity index (χ3n) is 2.04. The molecular weight excluding hydrogens is 244 g/mol. The molecule has 0 saturated carbocycles. The minimum absolute atomic E-state index is 0.205. The standard InChI is InChI=1S/C10H15BrN2O/c1-2-8(14)3-6-13-10-4-5-12-7-9(10)11/h4-5,7-8,14H,2-3,6H2,1H3,(H,12,13). The van der Waals surface area contributed by atoms with Crippen LogP contribution < -0.4 is 5.32 Å². The average Bonchev–Trinajstić information content (AvgIpc) is 2.20. The normalized spacial score (nSPS) is 12.5. The van der Waals surface area contributed by atoms with Crippen LogP contribution in [0.25, 0.3) is 0 Å². The fraction of sp³-hybridized carbons (Fsp3) is 0.500. The number of hydrogen-bond donors (Lipinski definition) is 2. The minimum atomic E-state index is -0.205. The first-order chi connectivity index (χ1) is 6.74. The second-order valence-electron chi connectivity index (χ2n) is 3.13. The van der Waals surface area contributed by atoms with Gasteiger partial charge in [-0.3, -0.25) is 4.98 Å². The second-order valence-corrected chi connectivity index (χ2v) is 3.99. The summed E-state index contributed by atoms with van der Waals surface area (Å²) in [7, 11) is 0. The SMILES string of the molecule is CCC(O)CCNc1ccncc1Br. The molecule has 0 aliphatic carbocycles. The highest BCUT2D eigenvalue weighted by molar-refractivity contribution is 9.10. The smallest absolute Gasteiger partial charge is 0.0590 e. The Bertz CT molecular complexity index is 281. The number of nitrogens with one attached hydrogen (secondary N) is 1. The van der Waals surface area contributed by atoms with Gasteiger partial charge in [-0.05, 0) is 34.8 Å². The first-order valence-corrected chi connectivity index (χ1v) is 5.54. The molecule has 78 valence electrons. The molecular formula is C10H15BrN2O. The Labute approximate surface area is 92.7 Å². The van der Waals surface area contributed by atoms with Gasteiger partial charge in [-0.15, -0.1) is 0 Å². The van der Waals surface area contributed by atoms with Gasteiger partial charge in [0, 0.05) is 18.9 Å². The molecule has 0 amide bonds. The molecule has 0 saturated heterocycles. The van der Waals surface area contributed by atoms with Gasteiger partial charge in [0.2, 0.25) is 0 Å². The molecule has 14 heavy (non-hydrogen) atoms. The molecule has 0 spiro atoms.